The van der Waals surface area contributed by atoms with E-state index in [1.807, 2.05) is 12.3 Å². The maximum Gasteiger partial charge on any atom is 0.257 e. The Balaban J connectivity index is 1.62. The van der Waals surface area contributed by atoms with Crippen LogP contribution in [0.4, 0.5) is 5.82 Å². The lowest BCUT2D eigenvalue weighted by Gasteiger charge is -2.35. The summed E-state index contributed by atoms with van der Waals surface area (Å²) in [7, 11) is 1.63. The number of rotatable bonds is 4. The lowest BCUT2D eigenvalue weighted by atomic mass is 10.2. The van der Waals surface area contributed by atoms with E-state index >= 15 is 0 Å². The van der Waals surface area contributed by atoms with Crippen molar-refractivity contribution in [2.45, 2.75) is 13.5 Å². The van der Waals surface area contributed by atoms with Gasteiger partial charge in [0.2, 0.25) is 0 Å². The summed E-state index contributed by atoms with van der Waals surface area (Å²) in [4.78, 5) is 17.8. The SMILES string of the molecule is COc1nccnc1N1CCN(Cc2ncccc2C)CC1. The zero-order valence-corrected chi connectivity index (χ0v) is 13.1. The fraction of sp³-hybridized carbons (Fsp3) is 0.438. The minimum Gasteiger partial charge on any atom is -0.478 e. The Labute approximate surface area is 130 Å². The van der Waals surface area contributed by atoms with Gasteiger partial charge in [0.25, 0.3) is 5.88 Å². The molecule has 1 saturated heterocycles. The topological polar surface area (TPSA) is 54.4 Å². The Morgan fingerprint density at radius 1 is 1.05 bits per heavy atom. The van der Waals surface area contributed by atoms with Crippen LogP contribution < -0.4 is 9.64 Å². The Bertz CT molecular complexity index is 625. The zero-order chi connectivity index (χ0) is 15.4. The molecule has 3 rings (SSSR count). The van der Waals surface area contributed by atoms with Crippen molar-refractivity contribution in [2.24, 2.45) is 0 Å². The number of piperazine rings is 1. The maximum absolute atomic E-state index is 5.30. The smallest absolute Gasteiger partial charge is 0.257 e. The highest BCUT2D eigenvalue weighted by atomic mass is 16.5. The minimum absolute atomic E-state index is 0.594. The molecule has 2 aromatic rings. The van der Waals surface area contributed by atoms with Crippen molar-refractivity contribution in [2.75, 3.05) is 38.2 Å². The van der Waals surface area contributed by atoms with Crippen molar-refractivity contribution < 1.29 is 4.74 Å². The standard InChI is InChI=1S/C16H21N5O/c1-13-4-3-5-17-14(13)12-20-8-10-21(11-9-20)15-16(22-2)19-7-6-18-15/h3-7H,8-12H2,1-2H3. The minimum atomic E-state index is 0.594. The number of ether oxygens (including phenoxy) is 1. The van der Waals surface area contributed by atoms with Gasteiger partial charge in [0.1, 0.15) is 0 Å². The number of pyridine rings is 1. The Morgan fingerprint density at radius 3 is 2.55 bits per heavy atom. The van der Waals surface area contributed by atoms with E-state index in [1.165, 1.54) is 5.56 Å². The molecule has 2 aromatic heterocycles. The molecular weight excluding hydrogens is 278 g/mol. The van der Waals surface area contributed by atoms with Gasteiger partial charge in [-0.1, -0.05) is 6.07 Å². The van der Waals surface area contributed by atoms with E-state index in [4.69, 9.17) is 4.74 Å². The summed E-state index contributed by atoms with van der Waals surface area (Å²) in [5.41, 5.74) is 2.41. The van der Waals surface area contributed by atoms with Crippen LogP contribution in [0, 0.1) is 6.92 Å². The van der Waals surface area contributed by atoms with Gasteiger partial charge in [0.05, 0.1) is 12.8 Å². The van der Waals surface area contributed by atoms with Gasteiger partial charge in [0.15, 0.2) is 5.82 Å². The second-order valence-electron chi connectivity index (χ2n) is 5.42. The van der Waals surface area contributed by atoms with Crippen LogP contribution in [0.15, 0.2) is 30.7 Å². The van der Waals surface area contributed by atoms with Crippen LogP contribution in [-0.4, -0.2) is 53.1 Å². The molecule has 0 amide bonds. The zero-order valence-electron chi connectivity index (χ0n) is 13.1. The van der Waals surface area contributed by atoms with Crippen LogP contribution >= 0.6 is 0 Å². The molecule has 1 aliphatic heterocycles. The normalized spacial score (nSPS) is 15.8. The Hall–Kier alpha value is -2.21. The van der Waals surface area contributed by atoms with E-state index in [2.05, 4.69) is 37.7 Å². The first-order chi connectivity index (χ1) is 10.8. The van der Waals surface area contributed by atoms with Crippen molar-refractivity contribution in [3.8, 4) is 5.88 Å². The number of hydrogen-bond acceptors (Lipinski definition) is 6. The van der Waals surface area contributed by atoms with Gasteiger partial charge in [-0.25, -0.2) is 9.97 Å². The summed E-state index contributed by atoms with van der Waals surface area (Å²) in [6, 6.07) is 4.10. The first kappa shape index (κ1) is 14.7. The van der Waals surface area contributed by atoms with Crippen molar-refractivity contribution in [1.82, 2.24) is 19.9 Å². The van der Waals surface area contributed by atoms with Gasteiger partial charge < -0.3 is 9.64 Å². The van der Waals surface area contributed by atoms with Crippen LogP contribution in [0.25, 0.3) is 0 Å². The molecule has 0 spiro atoms. The second kappa shape index (κ2) is 6.70. The number of nitrogens with zero attached hydrogens (tertiary/aromatic N) is 5. The lowest BCUT2D eigenvalue weighted by Crippen LogP contribution is -2.46. The van der Waals surface area contributed by atoms with Gasteiger partial charge >= 0.3 is 0 Å². The molecule has 6 heteroatoms. The number of hydrogen-bond donors (Lipinski definition) is 0. The molecule has 22 heavy (non-hydrogen) atoms. The molecule has 3 heterocycles. The fourth-order valence-electron chi connectivity index (χ4n) is 2.69. The molecule has 0 N–H and O–H groups in total. The van der Waals surface area contributed by atoms with Crippen LogP contribution in [0.5, 0.6) is 5.88 Å². The molecular formula is C16H21N5O. The average molecular weight is 299 g/mol. The van der Waals surface area contributed by atoms with E-state index in [0.717, 1.165) is 44.2 Å². The molecule has 0 saturated carbocycles. The summed E-state index contributed by atoms with van der Waals surface area (Å²) in [5, 5.41) is 0. The third kappa shape index (κ3) is 3.17. The van der Waals surface area contributed by atoms with E-state index < -0.39 is 0 Å². The van der Waals surface area contributed by atoms with Crippen molar-refractivity contribution in [3.63, 3.8) is 0 Å². The summed E-state index contributed by atoms with van der Waals surface area (Å²) >= 11 is 0. The quantitative estimate of drug-likeness (QED) is 0.853. The second-order valence-corrected chi connectivity index (χ2v) is 5.42. The maximum atomic E-state index is 5.30. The molecule has 6 nitrogen and oxygen atoms in total. The summed E-state index contributed by atoms with van der Waals surface area (Å²) < 4.78 is 5.30. The van der Waals surface area contributed by atoms with Crippen molar-refractivity contribution in [1.29, 1.82) is 0 Å². The highest BCUT2D eigenvalue weighted by molar-refractivity contribution is 5.48. The molecule has 1 fully saturated rings. The molecule has 116 valence electrons. The molecule has 0 bridgehead atoms. The number of aryl methyl sites for hydroxylation is 1. The highest BCUT2D eigenvalue weighted by Gasteiger charge is 2.21. The van der Waals surface area contributed by atoms with Gasteiger partial charge in [-0.3, -0.25) is 9.88 Å². The van der Waals surface area contributed by atoms with E-state index in [9.17, 15) is 0 Å². The van der Waals surface area contributed by atoms with Gasteiger partial charge in [-0.2, -0.15) is 0 Å². The molecule has 0 aliphatic carbocycles. The monoisotopic (exact) mass is 299 g/mol. The van der Waals surface area contributed by atoms with E-state index in [-0.39, 0.29) is 0 Å². The molecule has 0 radical (unpaired) electrons. The lowest BCUT2D eigenvalue weighted by molar-refractivity contribution is 0.245. The summed E-state index contributed by atoms with van der Waals surface area (Å²) in [6.07, 6.45) is 5.23. The Morgan fingerprint density at radius 2 is 1.82 bits per heavy atom. The van der Waals surface area contributed by atoms with Gasteiger partial charge in [-0.15, -0.1) is 0 Å². The average Bonchev–Trinajstić information content (AvgIpc) is 2.58. The van der Waals surface area contributed by atoms with Crippen LogP contribution in [0.1, 0.15) is 11.3 Å². The van der Waals surface area contributed by atoms with Crippen LogP contribution in [0.2, 0.25) is 0 Å². The van der Waals surface area contributed by atoms with Gasteiger partial charge in [-0.05, 0) is 18.6 Å². The van der Waals surface area contributed by atoms with Crippen LogP contribution in [0.3, 0.4) is 0 Å². The highest BCUT2D eigenvalue weighted by Crippen LogP contribution is 2.23. The predicted octanol–water partition coefficient (Wildman–Crippen LogP) is 1.51. The van der Waals surface area contributed by atoms with Crippen LogP contribution in [-0.2, 0) is 6.54 Å². The van der Waals surface area contributed by atoms with E-state index in [0.29, 0.717) is 5.88 Å². The number of aromatic nitrogens is 3. The number of anilines is 1. The number of methoxy groups -OCH3 is 1. The Kier molecular flexibility index (Phi) is 4.48. The fourth-order valence-corrected chi connectivity index (χ4v) is 2.69. The van der Waals surface area contributed by atoms with Crippen molar-refractivity contribution in [3.05, 3.63) is 42.0 Å². The molecule has 0 unspecified atom stereocenters. The first-order valence-corrected chi connectivity index (χ1v) is 7.50. The molecule has 0 aromatic carbocycles. The summed E-state index contributed by atoms with van der Waals surface area (Å²) in [5.74, 6) is 1.43. The van der Waals surface area contributed by atoms with E-state index in [1.54, 1.807) is 19.5 Å². The van der Waals surface area contributed by atoms with Crippen molar-refractivity contribution >= 4 is 5.82 Å². The summed E-state index contributed by atoms with van der Waals surface area (Å²) in [6.45, 7) is 6.81. The third-order valence-corrected chi connectivity index (χ3v) is 4.00. The third-order valence-electron chi connectivity index (χ3n) is 4.00. The molecule has 0 atom stereocenters. The largest absolute Gasteiger partial charge is 0.478 e. The predicted molar refractivity (Wildman–Crippen MR) is 85.0 cm³/mol. The molecule has 1 aliphatic rings. The van der Waals surface area contributed by atoms with Gasteiger partial charge in [0, 0.05) is 51.3 Å². The first-order valence-electron chi connectivity index (χ1n) is 7.50.